The minimum absolute atomic E-state index is 0.00717. The third-order valence-corrected chi connectivity index (χ3v) is 7.27. The summed E-state index contributed by atoms with van der Waals surface area (Å²) in [4.78, 5) is 40.9. The maximum absolute atomic E-state index is 13.4. The van der Waals surface area contributed by atoms with Gasteiger partial charge in [0.25, 0.3) is 5.91 Å². The van der Waals surface area contributed by atoms with Gasteiger partial charge in [-0.15, -0.1) is 11.3 Å². The molecule has 1 saturated carbocycles. The van der Waals surface area contributed by atoms with E-state index in [1.54, 1.807) is 4.90 Å². The van der Waals surface area contributed by atoms with Gasteiger partial charge in [-0.05, 0) is 29.5 Å². The number of esters is 1. The van der Waals surface area contributed by atoms with Crippen molar-refractivity contribution in [3.05, 3.63) is 113 Å². The van der Waals surface area contributed by atoms with Crippen LogP contribution in [0, 0.1) is 5.92 Å². The van der Waals surface area contributed by atoms with Crippen molar-refractivity contribution in [3.8, 4) is 11.1 Å². The Morgan fingerprint density at radius 3 is 1.92 bits per heavy atom. The van der Waals surface area contributed by atoms with Gasteiger partial charge in [-0.25, -0.2) is 4.79 Å². The van der Waals surface area contributed by atoms with E-state index in [9.17, 15) is 14.4 Å². The lowest BCUT2D eigenvalue weighted by atomic mass is 10.0. The van der Waals surface area contributed by atoms with Crippen molar-refractivity contribution in [2.45, 2.75) is 25.9 Å². The normalized spacial score (nSPS) is 12.5. The summed E-state index contributed by atoms with van der Waals surface area (Å²) < 4.78 is 5.59. The molecule has 192 valence electrons. The molecule has 7 heteroatoms. The summed E-state index contributed by atoms with van der Waals surface area (Å²) in [5.41, 5.74) is 3.75. The quantitative estimate of drug-likeness (QED) is 0.253. The number of benzene rings is 3. The zero-order chi connectivity index (χ0) is 26.3. The van der Waals surface area contributed by atoms with Crippen molar-refractivity contribution in [1.29, 1.82) is 0 Å². The number of nitrogens with one attached hydrogen (secondary N) is 1. The molecule has 1 aliphatic carbocycles. The fraction of sp³-hybridized carbons (Fsp3) is 0.194. The minimum Gasteiger partial charge on any atom is -0.452 e. The van der Waals surface area contributed by atoms with Gasteiger partial charge in [0.1, 0.15) is 10.6 Å². The van der Waals surface area contributed by atoms with Gasteiger partial charge in [-0.1, -0.05) is 91.0 Å². The van der Waals surface area contributed by atoms with Gasteiger partial charge >= 0.3 is 5.97 Å². The zero-order valence-corrected chi connectivity index (χ0v) is 21.7. The Kier molecular flexibility index (Phi) is 7.95. The molecule has 0 unspecified atom stereocenters. The molecule has 1 heterocycles. The lowest BCUT2D eigenvalue weighted by Gasteiger charge is -2.23. The number of carbonyl (C=O) groups excluding carboxylic acids is 3. The van der Waals surface area contributed by atoms with Crippen LogP contribution in [0.2, 0.25) is 0 Å². The van der Waals surface area contributed by atoms with Crippen LogP contribution in [0.15, 0.2) is 96.4 Å². The van der Waals surface area contributed by atoms with Crippen LogP contribution >= 0.6 is 11.3 Å². The maximum Gasteiger partial charge on any atom is 0.342 e. The van der Waals surface area contributed by atoms with E-state index in [0.717, 1.165) is 29.5 Å². The molecule has 3 aromatic carbocycles. The van der Waals surface area contributed by atoms with Crippen molar-refractivity contribution >= 4 is 34.1 Å². The van der Waals surface area contributed by atoms with Gasteiger partial charge in [0.05, 0.1) is 0 Å². The van der Waals surface area contributed by atoms with Crippen molar-refractivity contribution < 1.29 is 19.1 Å². The van der Waals surface area contributed by atoms with Gasteiger partial charge in [0, 0.05) is 30.0 Å². The fourth-order valence-corrected chi connectivity index (χ4v) is 5.13. The summed E-state index contributed by atoms with van der Waals surface area (Å²) >= 11 is 1.29. The number of ether oxygens (including phenoxy) is 1. The zero-order valence-electron chi connectivity index (χ0n) is 20.8. The second kappa shape index (κ2) is 11.9. The van der Waals surface area contributed by atoms with E-state index >= 15 is 0 Å². The molecule has 5 rings (SSSR count). The Morgan fingerprint density at radius 1 is 0.816 bits per heavy atom. The maximum atomic E-state index is 13.4. The lowest BCUT2D eigenvalue weighted by molar-refractivity contribution is -0.135. The summed E-state index contributed by atoms with van der Waals surface area (Å²) in [5, 5.41) is 5.19. The summed E-state index contributed by atoms with van der Waals surface area (Å²) in [6.07, 6.45) is 1.71. The highest BCUT2D eigenvalue weighted by Gasteiger charge is 2.32. The van der Waals surface area contributed by atoms with Crippen LogP contribution in [0.25, 0.3) is 11.1 Å². The molecular weight excluding hydrogens is 496 g/mol. The molecule has 0 atom stereocenters. The first kappa shape index (κ1) is 25.4. The molecule has 0 bridgehead atoms. The molecule has 1 aromatic heterocycles. The third kappa shape index (κ3) is 6.36. The number of hydrogen-bond acceptors (Lipinski definition) is 5. The minimum atomic E-state index is -0.635. The summed E-state index contributed by atoms with van der Waals surface area (Å²) in [5.74, 6) is -1.03. The number of thiophene rings is 1. The molecule has 6 nitrogen and oxygen atoms in total. The predicted molar refractivity (Wildman–Crippen MR) is 149 cm³/mol. The fourth-order valence-electron chi connectivity index (χ4n) is 4.17. The highest BCUT2D eigenvalue weighted by molar-refractivity contribution is 7.15. The summed E-state index contributed by atoms with van der Waals surface area (Å²) in [6, 6.07) is 28.9. The van der Waals surface area contributed by atoms with Gasteiger partial charge in [-0.3, -0.25) is 9.59 Å². The van der Waals surface area contributed by atoms with E-state index in [-0.39, 0.29) is 23.3 Å². The number of carbonyl (C=O) groups is 3. The van der Waals surface area contributed by atoms with Crippen LogP contribution in [0.4, 0.5) is 5.00 Å². The Hall–Kier alpha value is -4.23. The van der Waals surface area contributed by atoms with Crippen LogP contribution in [0.3, 0.4) is 0 Å². The standard InChI is InChI=1S/C31H28N2O4S/c34-27(33(18-22-10-4-1-5-11-22)19-23-12-6-2-7-13-23)20-37-31(36)28-26(24-14-8-3-9-15-24)21-38-30(28)32-29(35)25-16-17-25/h1-15,21,25H,16-20H2,(H,32,35). The van der Waals surface area contributed by atoms with Crippen LogP contribution in [-0.2, 0) is 27.4 Å². The first-order valence-corrected chi connectivity index (χ1v) is 13.5. The second-order valence-electron chi connectivity index (χ2n) is 9.28. The Labute approximate surface area is 225 Å². The second-order valence-corrected chi connectivity index (χ2v) is 10.2. The predicted octanol–water partition coefficient (Wildman–Crippen LogP) is 6.15. The Morgan fingerprint density at radius 2 is 1.37 bits per heavy atom. The van der Waals surface area contributed by atoms with Crippen LogP contribution < -0.4 is 5.32 Å². The average Bonchev–Trinajstić information content (AvgIpc) is 3.73. The molecule has 4 aromatic rings. The van der Waals surface area contributed by atoms with Gasteiger partial charge in [-0.2, -0.15) is 0 Å². The molecule has 2 amide bonds. The lowest BCUT2D eigenvalue weighted by Crippen LogP contribution is -2.34. The highest BCUT2D eigenvalue weighted by atomic mass is 32.1. The first-order chi connectivity index (χ1) is 18.6. The van der Waals surface area contributed by atoms with Gasteiger partial charge in [0.15, 0.2) is 6.61 Å². The van der Waals surface area contributed by atoms with E-state index < -0.39 is 12.6 Å². The van der Waals surface area contributed by atoms with Crippen LogP contribution in [0.1, 0.15) is 34.3 Å². The topological polar surface area (TPSA) is 75.7 Å². The van der Waals surface area contributed by atoms with Crippen molar-refractivity contribution in [2.24, 2.45) is 5.92 Å². The molecule has 1 aliphatic rings. The molecule has 0 radical (unpaired) electrons. The van der Waals surface area contributed by atoms with Gasteiger partial charge < -0.3 is 15.0 Å². The van der Waals surface area contributed by atoms with E-state index in [1.165, 1.54) is 11.3 Å². The average molecular weight is 525 g/mol. The van der Waals surface area contributed by atoms with E-state index in [1.807, 2.05) is 96.4 Å². The summed E-state index contributed by atoms with van der Waals surface area (Å²) in [7, 11) is 0. The van der Waals surface area contributed by atoms with E-state index in [2.05, 4.69) is 5.32 Å². The van der Waals surface area contributed by atoms with Crippen molar-refractivity contribution in [3.63, 3.8) is 0 Å². The number of rotatable bonds is 10. The molecule has 0 spiro atoms. The SMILES string of the molecule is O=C(OCC(=O)N(Cc1ccccc1)Cc1ccccc1)c1c(-c2ccccc2)csc1NC(=O)C1CC1. The van der Waals surface area contributed by atoms with Crippen LogP contribution in [0.5, 0.6) is 0 Å². The van der Waals surface area contributed by atoms with Crippen LogP contribution in [-0.4, -0.2) is 29.3 Å². The molecular formula is C31H28N2O4S. The number of hydrogen-bond donors (Lipinski definition) is 1. The molecule has 1 fully saturated rings. The summed E-state index contributed by atoms with van der Waals surface area (Å²) in [6.45, 7) is 0.379. The third-order valence-electron chi connectivity index (χ3n) is 6.38. The molecule has 0 saturated heterocycles. The monoisotopic (exact) mass is 524 g/mol. The smallest absolute Gasteiger partial charge is 0.342 e. The number of anilines is 1. The van der Waals surface area contributed by atoms with E-state index in [0.29, 0.717) is 23.7 Å². The van der Waals surface area contributed by atoms with E-state index in [4.69, 9.17) is 4.74 Å². The molecule has 0 aliphatic heterocycles. The molecule has 38 heavy (non-hydrogen) atoms. The van der Waals surface area contributed by atoms with Gasteiger partial charge in [0.2, 0.25) is 5.91 Å². The first-order valence-electron chi connectivity index (χ1n) is 12.6. The van der Waals surface area contributed by atoms with Crippen molar-refractivity contribution in [1.82, 2.24) is 4.90 Å². The largest absolute Gasteiger partial charge is 0.452 e. The Balaban J connectivity index is 1.34. The van der Waals surface area contributed by atoms with Crippen molar-refractivity contribution in [2.75, 3.05) is 11.9 Å². The Bertz CT molecular complexity index is 1360. The number of nitrogens with zero attached hydrogens (tertiary/aromatic N) is 1. The molecule has 1 N–H and O–H groups in total. The highest BCUT2D eigenvalue weighted by Crippen LogP contribution is 2.38. The number of amides is 2.